The summed E-state index contributed by atoms with van der Waals surface area (Å²) in [5.41, 5.74) is 5.74. The van der Waals surface area contributed by atoms with Crippen LogP contribution in [0.1, 0.15) is 20.8 Å². The number of piperazine rings is 1. The van der Waals surface area contributed by atoms with E-state index < -0.39 is 0 Å². The van der Waals surface area contributed by atoms with Crippen molar-refractivity contribution in [2.45, 2.75) is 32.9 Å². The van der Waals surface area contributed by atoms with Crippen molar-refractivity contribution in [1.29, 1.82) is 0 Å². The van der Waals surface area contributed by atoms with Crippen LogP contribution in [0, 0.1) is 0 Å². The van der Waals surface area contributed by atoms with Gasteiger partial charge in [0.05, 0.1) is 17.1 Å². The first-order valence-corrected chi connectivity index (χ1v) is 7.80. The van der Waals surface area contributed by atoms with Gasteiger partial charge < -0.3 is 15.4 Å². The number of ether oxygens (including phenoxy) is 1. The fourth-order valence-electron chi connectivity index (χ4n) is 2.47. The van der Waals surface area contributed by atoms with Crippen molar-refractivity contribution in [3.8, 4) is 5.75 Å². The molecule has 1 aromatic rings. The number of nitrogens with two attached hydrogens (primary N) is 1. The molecule has 2 heterocycles. The number of anilines is 1. The van der Waals surface area contributed by atoms with Crippen LogP contribution < -0.4 is 15.4 Å². The van der Waals surface area contributed by atoms with Crippen LogP contribution >= 0.6 is 12.2 Å². The van der Waals surface area contributed by atoms with Crippen LogP contribution in [-0.2, 0) is 0 Å². The number of thiocarbonyl (C=S) groups is 1. The average Bonchev–Trinajstić information content (AvgIpc) is 2.46. The van der Waals surface area contributed by atoms with Crippen molar-refractivity contribution < 1.29 is 4.74 Å². The predicted octanol–water partition coefficient (Wildman–Crippen LogP) is 1.67. The van der Waals surface area contributed by atoms with E-state index in [0.29, 0.717) is 4.99 Å². The number of pyridine rings is 1. The van der Waals surface area contributed by atoms with Gasteiger partial charge in [0.25, 0.3) is 0 Å². The van der Waals surface area contributed by atoms with Crippen LogP contribution in [0.25, 0.3) is 0 Å². The van der Waals surface area contributed by atoms with Gasteiger partial charge >= 0.3 is 0 Å². The van der Waals surface area contributed by atoms with Crippen molar-refractivity contribution >= 4 is 23.0 Å². The molecule has 0 aromatic carbocycles. The van der Waals surface area contributed by atoms with Gasteiger partial charge in [0.15, 0.2) is 11.6 Å². The second-order valence-corrected chi connectivity index (χ2v) is 6.06. The predicted molar refractivity (Wildman–Crippen MR) is 90.0 cm³/mol. The lowest BCUT2D eigenvalue weighted by atomic mass is 10.2. The van der Waals surface area contributed by atoms with E-state index in [1.165, 1.54) is 0 Å². The lowest BCUT2D eigenvalue weighted by Crippen LogP contribution is -2.53. The first kappa shape index (κ1) is 16.0. The zero-order chi connectivity index (χ0) is 15.4. The number of hydrogen-bond acceptors (Lipinski definition) is 5. The molecule has 0 radical (unpaired) electrons. The summed E-state index contributed by atoms with van der Waals surface area (Å²) in [6.45, 7) is 9.77. The van der Waals surface area contributed by atoms with E-state index in [4.69, 9.17) is 22.7 Å². The molecule has 1 aliphatic heterocycles. The van der Waals surface area contributed by atoms with Gasteiger partial charge in [-0.3, -0.25) is 4.90 Å². The first-order valence-electron chi connectivity index (χ1n) is 7.39. The summed E-state index contributed by atoms with van der Waals surface area (Å²) >= 11 is 5.08. The summed E-state index contributed by atoms with van der Waals surface area (Å²) in [7, 11) is 0. The van der Waals surface area contributed by atoms with Gasteiger partial charge in [-0.05, 0) is 32.9 Å². The minimum atomic E-state index is 0.142. The lowest BCUT2D eigenvalue weighted by Gasteiger charge is -2.38. The summed E-state index contributed by atoms with van der Waals surface area (Å²) in [4.78, 5) is 9.63. The van der Waals surface area contributed by atoms with Gasteiger partial charge in [0.2, 0.25) is 0 Å². The summed E-state index contributed by atoms with van der Waals surface area (Å²) in [5, 5.41) is 0. The molecule has 2 N–H and O–H groups in total. The van der Waals surface area contributed by atoms with E-state index in [2.05, 4.69) is 21.7 Å². The monoisotopic (exact) mass is 308 g/mol. The molecule has 0 aliphatic carbocycles. The Kier molecular flexibility index (Phi) is 5.36. The average molecular weight is 308 g/mol. The molecule has 1 aromatic heterocycles. The smallest absolute Gasteiger partial charge is 0.171 e. The second-order valence-electron chi connectivity index (χ2n) is 5.59. The van der Waals surface area contributed by atoms with E-state index in [0.717, 1.165) is 37.7 Å². The number of nitrogens with zero attached hydrogens (tertiary/aromatic N) is 3. The fraction of sp³-hybridized carbons (Fsp3) is 0.600. The number of rotatable bonds is 5. The quantitative estimate of drug-likeness (QED) is 0.835. The summed E-state index contributed by atoms with van der Waals surface area (Å²) in [5.74, 6) is 1.78. The lowest BCUT2D eigenvalue weighted by molar-refractivity contribution is 0.229. The SMILES string of the molecule is CC(C)Oc1cccnc1N1CCN(C(C)C(N)=S)CC1. The van der Waals surface area contributed by atoms with Crippen LogP contribution in [0.5, 0.6) is 5.75 Å². The van der Waals surface area contributed by atoms with E-state index in [1.807, 2.05) is 32.2 Å². The molecule has 1 aliphatic rings. The van der Waals surface area contributed by atoms with Crippen LogP contribution in [0.15, 0.2) is 18.3 Å². The molecule has 6 heteroatoms. The van der Waals surface area contributed by atoms with Crippen LogP contribution in [0.4, 0.5) is 5.82 Å². The third-order valence-corrected chi connectivity index (χ3v) is 4.03. The van der Waals surface area contributed by atoms with Crippen LogP contribution in [-0.4, -0.2) is 53.2 Å². The first-order chi connectivity index (χ1) is 9.99. The fourth-order valence-corrected chi connectivity index (χ4v) is 2.62. The molecule has 1 saturated heterocycles. The standard InChI is InChI=1S/C15H24N4OS/c1-11(2)20-13-5-4-6-17-15(13)19-9-7-18(8-10-19)12(3)14(16)21/h4-6,11-12H,7-10H2,1-3H3,(H2,16,21). The van der Waals surface area contributed by atoms with Crippen molar-refractivity contribution in [2.24, 2.45) is 5.73 Å². The zero-order valence-corrected chi connectivity index (χ0v) is 13.8. The van der Waals surface area contributed by atoms with Gasteiger partial charge in [-0.1, -0.05) is 12.2 Å². The third-order valence-electron chi connectivity index (χ3n) is 3.69. The van der Waals surface area contributed by atoms with E-state index >= 15 is 0 Å². The Hall–Kier alpha value is -1.40. The van der Waals surface area contributed by atoms with Crippen molar-refractivity contribution in [3.63, 3.8) is 0 Å². The Morgan fingerprint density at radius 2 is 1.95 bits per heavy atom. The summed E-state index contributed by atoms with van der Waals surface area (Å²) in [6, 6.07) is 4.04. The summed E-state index contributed by atoms with van der Waals surface area (Å²) < 4.78 is 5.85. The Balaban J connectivity index is 2.04. The molecule has 2 rings (SSSR count). The van der Waals surface area contributed by atoms with E-state index in [9.17, 15) is 0 Å². The van der Waals surface area contributed by atoms with Gasteiger partial charge in [0, 0.05) is 32.4 Å². The molecular weight excluding hydrogens is 284 g/mol. The van der Waals surface area contributed by atoms with Gasteiger partial charge in [-0.2, -0.15) is 0 Å². The molecule has 5 nitrogen and oxygen atoms in total. The minimum Gasteiger partial charge on any atom is -0.487 e. The van der Waals surface area contributed by atoms with Crippen molar-refractivity contribution in [2.75, 3.05) is 31.1 Å². The highest BCUT2D eigenvalue weighted by molar-refractivity contribution is 7.80. The molecule has 21 heavy (non-hydrogen) atoms. The Morgan fingerprint density at radius 3 is 2.52 bits per heavy atom. The Morgan fingerprint density at radius 1 is 1.29 bits per heavy atom. The Labute approximate surface area is 132 Å². The second kappa shape index (κ2) is 7.04. The topological polar surface area (TPSA) is 54.6 Å². The highest BCUT2D eigenvalue weighted by Crippen LogP contribution is 2.27. The minimum absolute atomic E-state index is 0.142. The number of aromatic nitrogens is 1. The summed E-state index contributed by atoms with van der Waals surface area (Å²) in [6.07, 6.45) is 1.95. The maximum absolute atomic E-state index is 5.85. The maximum Gasteiger partial charge on any atom is 0.171 e. The van der Waals surface area contributed by atoms with E-state index in [1.54, 1.807) is 0 Å². The molecule has 116 valence electrons. The number of hydrogen-bond donors (Lipinski definition) is 1. The van der Waals surface area contributed by atoms with E-state index in [-0.39, 0.29) is 12.1 Å². The van der Waals surface area contributed by atoms with Crippen LogP contribution in [0.2, 0.25) is 0 Å². The third kappa shape index (κ3) is 4.04. The highest BCUT2D eigenvalue weighted by Gasteiger charge is 2.24. The molecule has 1 atom stereocenters. The van der Waals surface area contributed by atoms with Gasteiger partial charge in [-0.15, -0.1) is 0 Å². The zero-order valence-electron chi connectivity index (χ0n) is 13.0. The molecule has 0 saturated carbocycles. The molecule has 0 spiro atoms. The highest BCUT2D eigenvalue weighted by atomic mass is 32.1. The molecule has 0 amide bonds. The van der Waals surface area contributed by atoms with Crippen molar-refractivity contribution in [3.05, 3.63) is 18.3 Å². The van der Waals surface area contributed by atoms with Crippen molar-refractivity contribution in [1.82, 2.24) is 9.88 Å². The molecule has 1 unspecified atom stereocenters. The normalized spacial score (nSPS) is 17.8. The van der Waals surface area contributed by atoms with Gasteiger partial charge in [-0.25, -0.2) is 4.98 Å². The molecule has 1 fully saturated rings. The molecule has 0 bridgehead atoms. The Bertz CT molecular complexity index is 486. The van der Waals surface area contributed by atoms with Crippen LogP contribution in [0.3, 0.4) is 0 Å². The maximum atomic E-state index is 5.85. The molecular formula is C15H24N4OS. The van der Waals surface area contributed by atoms with Gasteiger partial charge in [0.1, 0.15) is 0 Å². The largest absolute Gasteiger partial charge is 0.487 e.